The molecule has 0 aromatic heterocycles. The van der Waals surface area contributed by atoms with E-state index in [1.54, 1.807) is 24.3 Å². The molecular weight excluding hydrogens is 360 g/mol. The van der Waals surface area contributed by atoms with Gasteiger partial charge in [0.05, 0.1) is 6.42 Å². The molecule has 1 aliphatic heterocycles. The number of carbonyl (C=O) groups excluding carboxylic acids is 3. The zero-order valence-corrected chi connectivity index (χ0v) is 14.9. The number of hydrogen-bond donors (Lipinski definition) is 5. The van der Waals surface area contributed by atoms with Gasteiger partial charge in [0.2, 0.25) is 5.91 Å². The van der Waals surface area contributed by atoms with E-state index in [9.17, 15) is 14.4 Å². The molecule has 1 aliphatic rings. The molecule has 144 valence electrons. The number of aliphatic imine (C=N–C) groups is 1. The van der Waals surface area contributed by atoms with Gasteiger partial charge in [0.1, 0.15) is 11.9 Å². The summed E-state index contributed by atoms with van der Waals surface area (Å²) in [4.78, 5) is 40.1. The van der Waals surface area contributed by atoms with Gasteiger partial charge in [0.25, 0.3) is 5.91 Å². The molecule has 3 rings (SSSR count). The second-order valence-electron chi connectivity index (χ2n) is 6.07. The summed E-state index contributed by atoms with van der Waals surface area (Å²) >= 11 is 0. The summed E-state index contributed by atoms with van der Waals surface area (Å²) in [6, 6.07) is 16.9. The van der Waals surface area contributed by atoms with Crippen molar-refractivity contribution >= 4 is 29.4 Å². The van der Waals surface area contributed by atoms with Crippen LogP contribution in [-0.2, 0) is 16.0 Å². The fourth-order valence-corrected chi connectivity index (χ4v) is 2.55. The van der Waals surface area contributed by atoms with Crippen LogP contribution in [0.1, 0.15) is 12.0 Å². The first kappa shape index (κ1) is 18.9. The Hall–Kier alpha value is -3.88. The fourth-order valence-electron chi connectivity index (χ4n) is 2.55. The largest absolute Gasteiger partial charge is 0.337 e. The van der Waals surface area contributed by atoms with E-state index >= 15 is 0 Å². The molecule has 0 spiro atoms. The Labute approximate surface area is 161 Å². The molecule has 1 heterocycles. The van der Waals surface area contributed by atoms with Crippen LogP contribution < -0.4 is 27.0 Å². The van der Waals surface area contributed by atoms with Crippen LogP contribution in [0.4, 0.5) is 10.5 Å². The molecule has 28 heavy (non-hydrogen) atoms. The van der Waals surface area contributed by atoms with E-state index in [2.05, 4.69) is 32.0 Å². The Balaban J connectivity index is 1.49. The summed E-state index contributed by atoms with van der Waals surface area (Å²) in [5, 5.41) is 2.56. The van der Waals surface area contributed by atoms with Crippen molar-refractivity contribution in [1.29, 1.82) is 0 Å². The maximum Gasteiger partial charge on any atom is 0.337 e. The van der Waals surface area contributed by atoms with Crippen molar-refractivity contribution in [1.82, 2.24) is 21.7 Å². The number of amidine groups is 1. The van der Waals surface area contributed by atoms with Gasteiger partial charge >= 0.3 is 6.03 Å². The molecule has 0 fully saturated rings. The summed E-state index contributed by atoms with van der Waals surface area (Å²) in [6.07, 6.45) is 0.300. The molecule has 9 heteroatoms. The molecule has 0 unspecified atom stereocenters. The topological polar surface area (TPSA) is 124 Å². The van der Waals surface area contributed by atoms with E-state index in [-0.39, 0.29) is 6.42 Å². The van der Waals surface area contributed by atoms with Crippen LogP contribution in [-0.4, -0.2) is 29.7 Å². The lowest BCUT2D eigenvalue weighted by Gasteiger charge is -2.22. The monoisotopic (exact) mass is 380 g/mol. The molecule has 0 bridgehead atoms. The SMILES string of the molecule is O=C(C[C@@H]1N=C(Cc2ccccc2)NNC1=O)NNC(=O)Nc1ccccc1. The normalized spacial score (nSPS) is 15.5. The number of urea groups is 1. The third-order valence-corrected chi connectivity index (χ3v) is 3.88. The number of nitrogens with one attached hydrogen (secondary N) is 5. The summed E-state index contributed by atoms with van der Waals surface area (Å²) < 4.78 is 0. The maximum atomic E-state index is 12.1. The van der Waals surface area contributed by atoms with E-state index in [0.717, 1.165) is 5.56 Å². The van der Waals surface area contributed by atoms with Gasteiger partial charge in [-0.2, -0.15) is 0 Å². The highest BCUT2D eigenvalue weighted by atomic mass is 16.2. The second kappa shape index (κ2) is 9.17. The molecule has 0 radical (unpaired) electrons. The quantitative estimate of drug-likeness (QED) is 0.494. The number of rotatable bonds is 5. The average molecular weight is 380 g/mol. The number of anilines is 1. The Morgan fingerprint density at radius 1 is 0.929 bits per heavy atom. The van der Waals surface area contributed by atoms with Gasteiger partial charge in [-0.3, -0.25) is 30.9 Å². The van der Waals surface area contributed by atoms with Gasteiger partial charge in [-0.1, -0.05) is 48.5 Å². The highest BCUT2D eigenvalue weighted by Crippen LogP contribution is 2.07. The summed E-state index contributed by atoms with van der Waals surface area (Å²) in [7, 11) is 0. The molecule has 2 aromatic rings. The molecule has 0 saturated heterocycles. The third kappa shape index (κ3) is 5.56. The van der Waals surface area contributed by atoms with Gasteiger partial charge in [0.15, 0.2) is 0 Å². The zero-order valence-electron chi connectivity index (χ0n) is 14.9. The van der Waals surface area contributed by atoms with Crippen molar-refractivity contribution in [3.8, 4) is 0 Å². The van der Waals surface area contributed by atoms with Crippen LogP contribution in [0.5, 0.6) is 0 Å². The summed E-state index contributed by atoms with van der Waals surface area (Å²) in [5.74, 6) is -0.396. The van der Waals surface area contributed by atoms with Crippen molar-refractivity contribution in [2.24, 2.45) is 4.99 Å². The van der Waals surface area contributed by atoms with Crippen molar-refractivity contribution < 1.29 is 14.4 Å². The van der Waals surface area contributed by atoms with Crippen molar-refractivity contribution in [3.05, 3.63) is 66.2 Å². The number of amides is 4. The predicted molar refractivity (Wildman–Crippen MR) is 104 cm³/mol. The van der Waals surface area contributed by atoms with Crippen LogP contribution >= 0.6 is 0 Å². The fraction of sp³-hybridized carbons (Fsp3) is 0.158. The van der Waals surface area contributed by atoms with Crippen LogP contribution in [0.2, 0.25) is 0 Å². The van der Waals surface area contributed by atoms with Crippen molar-refractivity contribution in [3.63, 3.8) is 0 Å². The zero-order chi connectivity index (χ0) is 19.8. The molecule has 5 N–H and O–H groups in total. The molecule has 0 saturated carbocycles. The second-order valence-corrected chi connectivity index (χ2v) is 6.07. The highest BCUT2D eigenvalue weighted by Gasteiger charge is 2.25. The predicted octanol–water partition coefficient (Wildman–Crippen LogP) is 0.874. The number of hydrogen-bond acceptors (Lipinski definition) is 5. The maximum absolute atomic E-state index is 12.1. The van der Waals surface area contributed by atoms with Crippen LogP contribution in [0.3, 0.4) is 0 Å². The van der Waals surface area contributed by atoms with Gasteiger partial charge in [0, 0.05) is 12.1 Å². The van der Waals surface area contributed by atoms with Gasteiger partial charge in [-0.25, -0.2) is 10.2 Å². The Bertz CT molecular complexity index is 870. The molecule has 4 amide bonds. The summed E-state index contributed by atoms with van der Waals surface area (Å²) in [5.41, 5.74) is 11.4. The molecule has 2 aromatic carbocycles. The molecule has 9 nitrogen and oxygen atoms in total. The number of benzene rings is 2. The Morgan fingerprint density at radius 2 is 1.61 bits per heavy atom. The number of hydrazine groups is 2. The van der Waals surface area contributed by atoms with Crippen LogP contribution in [0, 0.1) is 0 Å². The lowest BCUT2D eigenvalue weighted by atomic mass is 10.1. The lowest BCUT2D eigenvalue weighted by Crippen LogP contribution is -2.53. The van der Waals surface area contributed by atoms with E-state index in [4.69, 9.17) is 0 Å². The van der Waals surface area contributed by atoms with Gasteiger partial charge in [-0.05, 0) is 17.7 Å². The van der Waals surface area contributed by atoms with Crippen LogP contribution in [0.15, 0.2) is 65.7 Å². The standard InChI is InChI=1S/C19H20N6O3/c26-17(23-25-19(28)20-14-9-5-2-6-10-14)12-15-18(27)24-22-16(21-15)11-13-7-3-1-4-8-13/h1-10,15H,11-12H2,(H,21,22)(H,23,26)(H,24,27)(H2,20,25,28)/t15-/m0/s1. The Morgan fingerprint density at radius 3 is 2.32 bits per heavy atom. The molecule has 1 atom stereocenters. The lowest BCUT2D eigenvalue weighted by molar-refractivity contribution is -0.128. The molecular formula is C19H20N6O3. The summed E-state index contributed by atoms with van der Waals surface area (Å²) in [6.45, 7) is 0. The van der Waals surface area contributed by atoms with E-state index in [1.807, 2.05) is 36.4 Å². The van der Waals surface area contributed by atoms with Gasteiger partial charge in [-0.15, -0.1) is 0 Å². The third-order valence-electron chi connectivity index (χ3n) is 3.88. The highest BCUT2D eigenvalue weighted by molar-refractivity contribution is 5.97. The van der Waals surface area contributed by atoms with Crippen LogP contribution in [0.25, 0.3) is 0 Å². The van der Waals surface area contributed by atoms with E-state index in [1.165, 1.54) is 0 Å². The van der Waals surface area contributed by atoms with Gasteiger partial charge < -0.3 is 5.32 Å². The number of carbonyl (C=O) groups is 3. The number of para-hydroxylation sites is 1. The van der Waals surface area contributed by atoms with Crippen molar-refractivity contribution in [2.75, 3.05) is 5.32 Å². The minimum absolute atomic E-state index is 0.197. The average Bonchev–Trinajstić information content (AvgIpc) is 2.70. The van der Waals surface area contributed by atoms with E-state index < -0.39 is 23.9 Å². The molecule has 0 aliphatic carbocycles. The smallest absolute Gasteiger partial charge is 0.307 e. The van der Waals surface area contributed by atoms with Crippen molar-refractivity contribution in [2.45, 2.75) is 18.9 Å². The first-order valence-corrected chi connectivity index (χ1v) is 8.67. The van der Waals surface area contributed by atoms with E-state index in [0.29, 0.717) is 17.9 Å². The first-order valence-electron chi connectivity index (χ1n) is 8.67. The minimum Gasteiger partial charge on any atom is -0.307 e. The minimum atomic E-state index is -0.876. The first-order chi connectivity index (χ1) is 13.6. The Kier molecular flexibility index (Phi) is 6.19. The number of nitrogens with zero attached hydrogens (tertiary/aromatic N) is 1.